The molecule has 1 aromatic heterocycles. The molecule has 0 atom stereocenters. The summed E-state index contributed by atoms with van der Waals surface area (Å²) in [6.07, 6.45) is 3.69. The summed E-state index contributed by atoms with van der Waals surface area (Å²) < 4.78 is 0. The summed E-state index contributed by atoms with van der Waals surface area (Å²) in [5.41, 5.74) is 1.47. The molecule has 4 heteroatoms. The second-order valence-corrected chi connectivity index (χ2v) is 6.33. The summed E-state index contributed by atoms with van der Waals surface area (Å²) in [6, 6.07) is 4.19. The normalized spacial score (nSPS) is 19.1. The van der Waals surface area contributed by atoms with Gasteiger partial charge in [-0.05, 0) is 52.7 Å². The van der Waals surface area contributed by atoms with Gasteiger partial charge in [0, 0.05) is 42.1 Å². The van der Waals surface area contributed by atoms with Gasteiger partial charge < -0.3 is 10.2 Å². The molecule has 1 N–H and O–H groups in total. The molecule has 0 bridgehead atoms. The summed E-state index contributed by atoms with van der Waals surface area (Å²) >= 11 is 0. The minimum atomic E-state index is -0.0976. The third kappa shape index (κ3) is 3.57. The van der Waals surface area contributed by atoms with Gasteiger partial charge in [0.1, 0.15) is 0 Å². The minimum absolute atomic E-state index is 0.0102. The van der Waals surface area contributed by atoms with E-state index in [9.17, 15) is 4.79 Å². The quantitative estimate of drug-likeness (QED) is 0.921. The van der Waals surface area contributed by atoms with Crippen molar-refractivity contribution in [3.8, 4) is 0 Å². The summed E-state index contributed by atoms with van der Waals surface area (Å²) in [6.45, 7) is 10.6. The highest BCUT2D eigenvalue weighted by molar-refractivity contribution is 5.94. The Balaban J connectivity index is 1.98. The Morgan fingerprint density at radius 1 is 1.40 bits per heavy atom. The molecule has 20 heavy (non-hydrogen) atoms. The van der Waals surface area contributed by atoms with E-state index < -0.39 is 0 Å². The van der Waals surface area contributed by atoms with Crippen molar-refractivity contribution in [1.82, 2.24) is 15.2 Å². The van der Waals surface area contributed by atoms with Crippen LogP contribution in [0.15, 0.2) is 18.3 Å². The van der Waals surface area contributed by atoms with Crippen molar-refractivity contribution in [1.29, 1.82) is 0 Å². The molecule has 2 heterocycles. The smallest absolute Gasteiger partial charge is 0.251 e. The molecule has 0 aliphatic carbocycles. The Labute approximate surface area is 121 Å². The molecule has 1 saturated heterocycles. The van der Waals surface area contributed by atoms with Crippen LogP contribution in [-0.4, -0.2) is 40.5 Å². The Morgan fingerprint density at radius 2 is 2.05 bits per heavy atom. The van der Waals surface area contributed by atoms with Gasteiger partial charge in [0.15, 0.2) is 0 Å². The maximum atomic E-state index is 12.3. The number of carbonyl (C=O) groups excluding carboxylic acids is 1. The van der Waals surface area contributed by atoms with E-state index in [-0.39, 0.29) is 11.4 Å². The van der Waals surface area contributed by atoms with E-state index >= 15 is 0 Å². The van der Waals surface area contributed by atoms with Gasteiger partial charge in [-0.1, -0.05) is 0 Å². The molecular formula is C16H25N3O. The molecule has 1 aliphatic heterocycles. The first kappa shape index (κ1) is 15.0. The molecule has 0 aromatic carbocycles. The third-order valence-electron chi connectivity index (χ3n) is 4.21. The van der Waals surface area contributed by atoms with E-state index in [0.717, 1.165) is 31.6 Å². The van der Waals surface area contributed by atoms with E-state index in [2.05, 4.69) is 36.0 Å². The van der Waals surface area contributed by atoms with Crippen molar-refractivity contribution < 1.29 is 4.79 Å². The van der Waals surface area contributed by atoms with Gasteiger partial charge in [-0.2, -0.15) is 0 Å². The zero-order valence-corrected chi connectivity index (χ0v) is 12.9. The predicted octanol–water partition coefficient (Wildman–Crippen LogP) is 2.38. The number of nitrogens with zero attached hydrogens (tertiary/aromatic N) is 2. The summed E-state index contributed by atoms with van der Waals surface area (Å²) in [4.78, 5) is 18.9. The number of hydrogen-bond donors (Lipinski definition) is 1. The van der Waals surface area contributed by atoms with Crippen LogP contribution in [0.1, 0.15) is 49.7 Å². The van der Waals surface area contributed by atoms with Crippen LogP contribution in [0.2, 0.25) is 0 Å². The van der Waals surface area contributed by atoms with E-state index in [1.54, 1.807) is 12.3 Å². The highest BCUT2D eigenvalue weighted by atomic mass is 16.1. The molecular weight excluding hydrogens is 250 g/mol. The molecule has 0 radical (unpaired) electrons. The minimum Gasteiger partial charge on any atom is -0.347 e. The maximum absolute atomic E-state index is 12.3. The number of nitrogens with one attached hydrogen (secondary N) is 1. The second kappa shape index (κ2) is 5.92. The van der Waals surface area contributed by atoms with Crippen LogP contribution in [0.3, 0.4) is 0 Å². The first-order valence-electron chi connectivity index (χ1n) is 7.39. The highest BCUT2D eigenvalue weighted by Gasteiger charge is 2.32. The van der Waals surface area contributed by atoms with Crippen molar-refractivity contribution in [2.24, 2.45) is 0 Å². The molecule has 1 aromatic rings. The fourth-order valence-electron chi connectivity index (χ4n) is 2.69. The molecule has 0 unspecified atom stereocenters. The monoisotopic (exact) mass is 275 g/mol. The Morgan fingerprint density at radius 3 is 2.60 bits per heavy atom. The Bertz CT molecular complexity index is 476. The lowest BCUT2D eigenvalue weighted by atomic mass is 9.88. The van der Waals surface area contributed by atoms with Gasteiger partial charge in [0.2, 0.25) is 0 Å². The largest absolute Gasteiger partial charge is 0.347 e. The molecule has 0 saturated carbocycles. The van der Waals surface area contributed by atoms with E-state index in [1.807, 2.05) is 13.0 Å². The van der Waals surface area contributed by atoms with Gasteiger partial charge in [-0.25, -0.2) is 0 Å². The van der Waals surface area contributed by atoms with Crippen LogP contribution in [0, 0.1) is 6.92 Å². The summed E-state index contributed by atoms with van der Waals surface area (Å²) in [5.74, 6) is 0.0102. The zero-order chi connectivity index (χ0) is 14.8. The summed E-state index contributed by atoms with van der Waals surface area (Å²) in [5, 5.41) is 3.20. The molecule has 110 valence electrons. The van der Waals surface area contributed by atoms with Gasteiger partial charge in [0.05, 0.1) is 0 Å². The molecule has 0 spiro atoms. The number of aromatic nitrogens is 1. The lowest BCUT2D eigenvalue weighted by Crippen LogP contribution is -2.54. The van der Waals surface area contributed by atoms with E-state index in [0.29, 0.717) is 11.6 Å². The van der Waals surface area contributed by atoms with Crippen LogP contribution in [-0.2, 0) is 0 Å². The number of rotatable bonds is 3. The Kier molecular flexibility index (Phi) is 4.43. The van der Waals surface area contributed by atoms with Crippen LogP contribution in [0.5, 0.6) is 0 Å². The number of likely N-dealkylation sites (tertiary alicyclic amines) is 1. The number of aryl methyl sites for hydroxylation is 1. The first-order valence-corrected chi connectivity index (χ1v) is 7.39. The Hall–Kier alpha value is -1.42. The lowest BCUT2D eigenvalue weighted by Gasteiger charge is -2.41. The van der Waals surface area contributed by atoms with Crippen LogP contribution < -0.4 is 5.32 Å². The van der Waals surface area contributed by atoms with Crippen molar-refractivity contribution in [3.63, 3.8) is 0 Å². The van der Waals surface area contributed by atoms with Gasteiger partial charge in [-0.15, -0.1) is 0 Å². The second-order valence-electron chi connectivity index (χ2n) is 6.33. The lowest BCUT2D eigenvalue weighted by molar-refractivity contribution is 0.0801. The average Bonchev–Trinajstić information content (AvgIpc) is 2.38. The highest BCUT2D eigenvalue weighted by Crippen LogP contribution is 2.23. The maximum Gasteiger partial charge on any atom is 0.251 e. The van der Waals surface area contributed by atoms with Gasteiger partial charge in [0.25, 0.3) is 5.91 Å². The van der Waals surface area contributed by atoms with Gasteiger partial charge >= 0.3 is 0 Å². The van der Waals surface area contributed by atoms with E-state index in [4.69, 9.17) is 0 Å². The molecule has 2 rings (SSSR count). The fraction of sp³-hybridized carbons (Fsp3) is 0.625. The van der Waals surface area contributed by atoms with Gasteiger partial charge in [-0.3, -0.25) is 9.78 Å². The number of carbonyl (C=O) groups is 1. The number of amides is 1. The predicted molar refractivity (Wildman–Crippen MR) is 80.8 cm³/mol. The number of pyridine rings is 1. The van der Waals surface area contributed by atoms with Crippen LogP contribution in [0.4, 0.5) is 0 Å². The molecule has 1 amide bonds. The van der Waals surface area contributed by atoms with Crippen molar-refractivity contribution in [3.05, 3.63) is 29.6 Å². The molecule has 4 nitrogen and oxygen atoms in total. The van der Waals surface area contributed by atoms with E-state index in [1.165, 1.54) is 0 Å². The average molecular weight is 275 g/mol. The fourth-order valence-corrected chi connectivity index (χ4v) is 2.69. The van der Waals surface area contributed by atoms with Crippen LogP contribution >= 0.6 is 0 Å². The SMILES string of the molecule is Cc1cc(C(=O)NC2(C)CCN(C(C)C)CC2)ccn1. The zero-order valence-electron chi connectivity index (χ0n) is 12.9. The third-order valence-corrected chi connectivity index (χ3v) is 4.21. The van der Waals surface area contributed by atoms with Crippen molar-refractivity contribution >= 4 is 5.91 Å². The first-order chi connectivity index (χ1) is 9.39. The van der Waals surface area contributed by atoms with Crippen molar-refractivity contribution in [2.45, 2.75) is 52.1 Å². The number of hydrogen-bond acceptors (Lipinski definition) is 3. The number of piperidine rings is 1. The van der Waals surface area contributed by atoms with Crippen molar-refractivity contribution in [2.75, 3.05) is 13.1 Å². The topological polar surface area (TPSA) is 45.2 Å². The summed E-state index contributed by atoms with van der Waals surface area (Å²) in [7, 11) is 0. The van der Waals surface area contributed by atoms with Crippen LogP contribution in [0.25, 0.3) is 0 Å². The molecule has 1 aliphatic rings. The standard InChI is InChI=1S/C16H25N3O/c1-12(2)19-9-6-16(4,7-10-19)18-15(20)14-5-8-17-13(3)11-14/h5,8,11-12H,6-7,9-10H2,1-4H3,(H,18,20). The molecule has 1 fully saturated rings.